The Kier molecular flexibility index (Phi) is 6.17. The summed E-state index contributed by atoms with van der Waals surface area (Å²) in [7, 11) is -3.83. The molecule has 1 atom stereocenters. The van der Waals surface area contributed by atoms with Gasteiger partial charge in [-0.1, -0.05) is 29.8 Å². The van der Waals surface area contributed by atoms with Crippen molar-refractivity contribution in [1.29, 1.82) is 0 Å². The van der Waals surface area contributed by atoms with Crippen LogP contribution in [0.1, 0.15) is 18.4 Å². The summed E-state index contributed by atoms with van der Waals surface area (Å²) in [5.41, 5.74) is 1.12. The molecule has 164 valence electrons. The monoisotopic (exact) mass is 463 g/mol. The second-order valence-electron chi connectivity index (χ2n) is 7.51. The molecule has 0 saturated carbocycles. The molecule has 2 N–H and O–H groups in total. The van der Waals surface area contributed by atoms with Crippen LogP contribution >= 0.6 is 11.6 Å². The molecule has 2 aliphatic heterocycles. The number of carbonyl (C=O) groups excluding carboxylic acids is 2. The fraction of sp³-hybridized carbons (Fsp3) is 0.333. The Bertz CT molecular complexity index is 1120. The molecule has 1 saturated heterocycles. The van der Waals surface area contributed by atoms with Crippen LogP contribution in [0.3, 0.4) is 0 Å². The first-order chi connectivity index (χ1) is 14.8. The van der Waals surface area contributed by atoms with Gasteiger partial charge in [0.05, 0.1) is 16.5 Å². The minimum absolute atomic E-state index is 0.0502. The van der Waals surface area contributed by atoms with Gasteiger partial charge in [-0.2, -0.15) is 4.31 Å². The first kappa shape index (κ1) is 21.6. The average molecular weight is 464 g/mol. The minimum Gasteiger partial charge on any atom is -0.482 e. The molecule has 0 radical (unpaired) electrons. The van der Waals surface area contributed by atoms with Crippen molar-refractivity contribution in [2.24, 2.45) is 5.92 Å². The molecule has 1 fully saturated rings. The number of carbonyl (C=O) groups is 2. The van der Waals surface area contributed by atoms with Crippen LogP contribution < -0.4 is 15.4 Å². The first-order valence-electron chi connectivity index (χ1n) is 9.92. The summed E-state index contributed by atoms with van der Waals surface area (Å²) in [6, 6.07) is 11.6. The number of benzene rings is 2. The van der Waals surface area contributed by atoms with Crippen molar-refractivity contribution < 1.29 is 22.7 Å². The molecule has 2 amide bonds. The number of nitrogens with one attached hydrogen (secondary N) is 2. The highest BCUT2D eigenvalue weighted by Gasteiger charge is 2.34. The lowest BCUT2D eigenvalue weighted by Gasteiger charge is -2.31. The third-order valence-corrected chi connectivity index (χ3v) is 7.62. The van der Waals surface area contributed by atoms with Gasteiger partial charge in [0.15, 0.2) is 6.61 Å². The number of sulfonamides is 1. The third kappa shape index (κ3) is 4.68. The van der Waals surface area contributed by atoms with Crippen molar-refractivity contribution >= 4 is 39.1 Å². The van der Waals surface area contributed by atoms with E-state index in [0.717, 1.165) is 5.56 Å². The van der Waals surface area contributed by atoms with Gasteiger partial charge in [0.25, 0.3) is 5.91 Å². The van der Waals surface area contributed by atoms with Gasteiger partial charge in [-0.05, 0) is 42.7 Å². The fourth-order valence-corrected chi connectivity index (χ4v) is 5.47. The smallest absolute Gasteiger partial charge is 0.262 e. The highest BCUT2D eigenvalue weighted by atomic mass is 35.5. The molecule has 0 spiro atoms. The SMILES string of the molecule is O=C1COc2ccc(S(=O)(=O)N3CCCC(C(=O)NCc4ccccc4Cl)C3)cc2N1. The van der Waals surface area contributed by atoms with Gasteiger partial charge in [-0.25, -0.2) is 8.42 Å². The lowest BCUT2D eigenvalue weighted by atomic mass is 9.99. The van der Waals surface area contributed by atoms with E-state index in [9.17, 15) is 18.0 Å². The summed E-state index contributed by atoms with van der Waals surface area (Å²) in [5.74, 6) is -0.568. The number of ether oxygens (including phenoxy) is 1. The van der Waals surface area contributed by atoms with E-state index < -0.39 is 15.9 Å². The zero-order valence-corrected chi connectivity index (χ0v) is 18.2. The molecule has 31 heavy (non-hydrogen) atoms. The topological polar surface area (TPSA) is 105 Å². The van der Waals surface area contributed by atoms with E-state index in [2.05, 4.69) is 10.6 Å². The predicted molar refractivity (Wildman–Crippen MR) is 115 cm³/mol. The number of nitrogens with zero attached hydrogens (tertiary/aromatic N) is 1. The molecule has 2 aromatic carbocycles. The number of anilines is 1. The molecule has 1 unspecified atom stereocenters. The molecule has 10 heteroatoms. The summed E-state index contributed by atoms with van der Waals surface area (Å²) in [5, 5.41) is 6.04. The summed E-state index contributed by atoms with van der Waals surface area (Å²) < 4.78 is 32.9. The van der Waals surface area contributed by atoms with E-state index in [-0.39, 0.29) is 36.4 Å². The number of piperidine rings is 1. The van der Waals surface area contributed by atoms with Crippen molar-refractivity contribution in [2.45, 2.75) is 24.3 Å². The Hall–Kier alpha value is -2.62. The van der Waals surface area contributed by atoms with E-state index in [1.807, 2.05) is 18.2 Å². The Morgan fingerprint density at radius 3 is 2.87 bits per heavy atom. The van der Waals surface area contributed by atoms with Crippen molar-refractivity contribution in [3.63, 3.8) is 0 Å². The molecule has 4 rings (SSSR count). The number of fused-ring (bicyclic) bond motifs is 1. The maximum atomic E-state index is 13.2. The standard InChI is InChI=1S/C21H22ClN3O5S/c22-17-6-2-1-4-14(17)11-23-21(27)15-5-3-9-25(12-15)31(28,29)16-7-8-19-18(10-16)24-20(26)13-30-19/h1-2,4,6-8,10,15H,3,5,9,11-13H2,(H,23,27)(H,24,26). The molecular formula is C21H22ClN3O5S. The zero-order chi connectivity index (χ0) is 22.0. The van der Waals surface area contributed by atoms with Crippen LogP contribution in [0.5, 0.6) is 5.75 Å². The zero-order valence-electron chi connectivity index (χ0n) is 16.6. The van der Waals surface area contributed by atoms with Crippen LogP contribution in [-0.2, 0) is 26.2 Å². The fourth-order valence-electron chi connectivity index (χ4n) is 3.71. The van der Waals surface area contributed by atoms with Gasteiger partial charge in [0.2, 0.25) is 15.9 Å². The minimum atomic E-state index is -3.83. The maximum Gasteiger partial charge on any atom is 0.262 e. The highest BCUT2D eigenvalue weighted by Crippen LogP contribution is 2.32. The quantitative estimate of drug-likeness (QED) is 0.708. The van der Waals surface area contributed by atoms with Gasteiger partial charge >= 0.3 is 0 Å². The van der Waals surface area contributed by atoms with E-state index in [4.69, 9.17) is 16.3 Å². The Morgan fingerprint density at radius 1 is 1.26 bits per heavy atom. The van der Waals surface area contributed by atoms with Crippen molar-refractivity contribution in [2.75, 3.05) is 25.0 Å². The molecule has 0 aliphatic carbocycles. The highest BCUT2D eigenvalue weighted by molar-refractivity contribution is 7.89. The lowest BCUT2D eigenvalue weighted by Crippen LogP contribution is -2.45. The molecule has 0 aromatic heterocycles. The number of halogens is 1. The summed E-state index contributed by atoms with van der Waals surface area (Å²) >= 11 is 6.13. The van der Waals surface area contributed by atoms with Crippen molar-refractivity contribution in [3.05, 3.63) is 53.1 Å². The van der Waals surface area contributed by atoms with Crippen molar-refractivity contribution in [1.82, 2.24) is 9.62 Å². The molecule has 0 bridgehead atoms. The second kappa shape index (κ2) is 8.86. The Morgan fingerprint density at radius 2 is 2.06 bits per heavy atom. The Labute approximate surface area is 185 Å². The van der Waals surface area contributed by atoms with Gasteiger partial charge in [0, 0.05) is 24.7 Å². The molecule has 8 nitrogen and oxygen atoms in total. The molecule has 2 heterocycles. The van der Waals surface area contributed by atoms with E-state index in [1.54, 1.807) is 6.07 Å². The van der Waals surface area contributed by atoms with E-state index in [0.29, 0.717) is 35.8 Å². The van der Waals surface area contributed by atoms with Crippen LogP contribution in [-0.4, -0.2) is 44.2 Å². The summed E-state index contributed by atoms with van der Waals surface area (Å²) in [4.78, 5) is 24.3. The maximum absolute atomic E-state index is 13.2. The van der Waals surface area contributed by atoms with Crippen molar-refractivity contribution in [3.8, 4) is 5.75 Å². The van der Waals surface area contributed by atoms with Crippen LogP contribution in [0.4, 0.5) is 5.69 Å². The average Bonchev–Trinajstić information content (AvgIpc) is 2.78. The number of hydrogen-bond donors (Lipinski definition) is 2. The van der Waals surface area contributed by atoms with Gasteiger partial charge in [-0.15, -0.1) is 0 Å². The molecular weight excluding hydrogens is 442 g/mol. The number of hydrogen-bond acceptors (Lipinski definition) is 5. The third-order valence-electron chi connectivity index (χ3n) is 5.39. The number of rotatable bonds is 5. The van der Waals surface area contributed by atoms with Gasteiger partial charge in [-0.3, -0.25) is 9.59 Å². The van der Waals surface area contributed by atoms with Crippen LogP contribution in [0.2, 0.25) is 5.02 Å². The normalized spacial score (nSPS) is 19.1. The van der Waals surface area contributed by atoms with E-state index in [1.165, 1.54) is 22.5 Å². The summed E-state index contributed by atoms with van der Waals surface area (Å²) in [6.07, 6.45) is 1.18. The van der Waals surface area contributed by atoms with Gasteiger partial charge < -0.3 is 15.4 Å². The van der Waals surface area contributed by atoms with Gasteiger partial charge in [0.1, 0.15) is 5.75 Å². The Balaban J connectivity index is 1.45. The second-order valence-corrected chi connectivity index (χ2v) is 9.85. The summed E-state index contributed by atoms with van der Waals surface area (Å²) in [6.45, 7) is 0.607. The first-order valence-corrected chi connectivity index (χ1v) is 11.7. The van der Waals surface area contributed by atoms with Crippen LogP contribution in [0.15, 0.2) is 47.4 Å². The predicted octanol–water partition coefficient (Wildman–Crippen LogP) is 2.39. The largest absolute Gasteiger partial charge is 0.482 e. The van der Waals surface area contributed by atoms with E-state index >= 15 is 0 Å². The van der Waals surface area contributed by atoms with Crippen LogP contribution in [0.25, 0.3) is 0 Å². The molecule has 2 aliphatic rings. The lowest BCUT2D eigenvalue weighted by molar-refractivity contribution is -0.126. The van der Waals surface area contributed by atoms with Crippen LogP contribution in [0, 0.1) is 5.92 Å². The molecule has 2 aromatic rings. The number of amides is 2.